The first-order chi connectivity index (χ1) is 8.36. The normalized spacial score (nSPS) is 10.4. The molecule has 2 aromatic heterocycles. The number of carbonyl (C=O) groups is 1. The molecule has 0 aliphatic rings. The Morgan fingerprint density at radius 1 is 1.24 bits per heavy atom. The van der Waals surface area contributed by atoms with Crippen molar-refractivity contribution in [3.05, 3.63) is 54.4 Å². The average molecular weight is 227 g/mol. The van der Waals surface area contributed by atoms with Gasteiger partial charge < -0.3 is 0 Å². The molecule has 0 aliphatic heterocycles. The third-order valence-electron chi connectivity index (χ3n) is 1.86. The number of carbonyl (C=O) groups excluding carboxylic acids is 1. The van der Waals surface area contributed by atoms with Gasteiger partial charge in [0.1, 0.15) is 5.69 Å². The third kappa shape index (κ3) is 3.16. The van der Waals surface area contributed by atoms with Crippen LogP contribution in [0.1, 0.15) is 16.1 Å². The van der Waals surface area contributed by atoms with Crippen LogP contribution in [0.5, 0.6) is 0 Å². The monoisotopic (exact) mass is 227 g/mol. The van der Waals surface area contributed by atoms with Crippen LogP contribution >= 0.6 is 0 Å². The van der Waals surface area contributed by atoms with Crippen molar-refractivity contribution >= 4 is 12.1 Å². The number of aromatic nitrogens is 3. The van der Waals surface area contributed by atoms with E-state index in [0.29, 0.717) is 0 Å². The molecule has 2 heterocycles. The highest BCUT2D eigenvalue weighted by molar-refractivity contribution is 5.92. The molecule has 0 aromatic carbocycles. The van der Waals surface area contributed by atoms with E-state index in [4.69, 9.17) is 0 Å². The van der Waals surface area contributed by atoms with Crippen LogP contribution in [-0.2, 0) is 0 Å². The van der Waals surface area contributed by atoms with E-state index in [0.717, 1.165) is 5.56 Å². The Labute approximate surface area is 97.5 Å². The van der Waals surface area contributed by atoms with Crippen LogP contribution in [0.15, 0.2) is 48.2 Å². The smallest absolute Gasteiger partial charge is 0.265 e. The van der Waals surface area contributed by atoms with E-state index >= 15 is 0 Å². The summed E-state index contributed by atoms with van der Waals surface area (Å²) in [4.78, 5) is 23.0. The van der Waals surface area contributed by atoms with Gasteiger partial charge in [0.2, 0.25) is 0 Å². The van der Waals surface area contributed by atoms with Crippen molar-refractivity contribution in [1.29, 1.82) is 0 Å². The summed E-state index contributed by atoms with van der Waals surface area (Å²) in [5.41, 5.74) is 3.36. The van der Waals surface area contributed by atoms with E-state index in [-0.39, 0.29) is 5.69 Å². The molecule has 0 unspecified atom stereocenters. The lowest BCUT2D eigenvalue weighted by molar-refractivity contribution is 0.0950. The van der Waals surface area contributed by atoms with Crippen LogP contribution in [0, 0.1) is 0 Å². The van der Waals surface area contributed by atoms with Crippen LogP contribution in [-0.4, -0.2) is 27.1 Å². The Bertz CT molecular complexity index is 512. The zero-order chi connectivity index (χ0) is 11.9. The van der Waals surface area contributed by atoms with E-state index in [1.807, 2.05) is 6.07 Å². The maximum atomic E-state index is 11.5. The van der Waals surface area contributed by atoms with E-state index < -0.39 is 5.91 Å². The predicted molar refractivity (Wildman–Crippen MR) is 61.3 cm³/mol. The standard InChI is InChI=1S/C11H9N5O/c17-11(10-8-13-4-5-14-10)16-15-7-9-2-1-3-12-6-9/h1-8H,(H,16,17)/b15-7-. The second-order valence-corrected chi connectivity index (χ2v) is 3.08. The number of pyridine rings is 1. The minimum Gasteiger partial charge on any atom is -0.265 e. The van der Waals surface area contributed by atoms with Gasteiger partial charge in [-0.25, -0.2) is 10.4 Å². The molecule has 0 spiro atoms. The topological polar surface area (TPSA) is 80.1 Å². The molecule has 17 heavy (non-hydrogen) atoms. The van der Waals surface area contributed by atoms with Crippen molar-refractivity contribution in [3.63, 3.8) is 0 Å². The van der Waals surface area contributed by atoms with Crippen LogP contribution in [0.4, 0.5) is 0 Å². The lowest BCUT2D eigenvalue weighted by atomic mass is 10.3. The summed E-state index contributed by atoms with van der Waals surface area (Å²) in [6.45, 7) is 0. The van der Waals surface area contributed by atoms with E-state index in [1.165, 1.54) is 24.8 Å². The molecule has 1 amide bonds. The molecule has 0 saturated heterocycles. The van der Waals surface area contributed by atoms with Crippen LogP contribution in [0.3, 0.4) is 0 Å². The van der Waals surface area contributed by atoms with Gasteiger partial charge in [0.05, 0.1) is 12.4 Å². The largest absolute Gasteiger partial charge is 0.291 e. The van der Waals surface area contributed by atoms with Gasteiger partial charge in [-0.3, -0.25) is 14.8 Å². The van der Waals surface area contributed by atoms with Crippen molar-refractivity contribution in [2.75, 3.05) is 0 Å². The molecule has 6 heteroatoms. The van der Waals surface area contributed by atoms with Gasteiger partial charge >= 0.3 is 0 Å². The van der Waals surface area contributed by atoms with E-state index in [2.05, 4.69) is 25.5 Å². The molecule has 0 atom stereocenters. The summed E-state index contributed by atoms with van der Waals surface area (Å²) in [7, 11) is 0. The summed E-state index contributed by atoms with van der Waals surface area (Å²) < 4.78 is 0. The highest BCUT2D eigenvalue weighted by Crippen LogP contribution is 1.91. The summed E-state index contributed by atoms with van der Waals surface area (Å²) in [5.74, 6) is -0.404. The molecule has 0 radical (unpaired) electrons. The summed E-state index contributed by atoms with van der Waals surface area (Å²) in [6.07, 6.45) is 9.11. The van der Waals surface area contributed by atoms with E-state index in [1.54, 1.807) is 18.5 Å². The lowest BCUT2D eigenvalue weighted by Crippen LogP contribution is -2.19. The van der Waals surface area contributed by atoms with Gasteiger partial charge in [0.25, 0.3) is 5.91 Å². The van der Waals surface area contributed by atoms with Crippen LogP contribution < -0.4 is 5.43 Å². The van der Waals surface area contributed by atoms with Gasteiger partial charge in [-0.15, -0.1) is 0 Å². The molecule has 2 aromatic rings. The van der Waals surface area contributed by atoms with Gasteiger partial charge in [-0.1, -0.05) is 6.07 Å². The molecule has 2 rings (SSSR count). The van der Waals surface area contributed by atoms with Crippen molar-refractivity contribution in [2.45, 2.75) is 0 Å². The molecular formula is C11H9N5O. The Hall–Kier alpha value is -2.63. The molecule has 6 nitrogen and oxygen atoms in total. The van der Waals surface area contributed by atoms with Crippen LogP contribution in [0.2, 0.25) is 0 Å². The number of hydrogen-bond donors (Lipinski definition) is 1. The summed E-state index contributed by atoms with van der Waals surface area (Å²) in [5, 5.41) is 3.79. The van der Waals surface area contributed by atoms with Gasteiger partial charge in [-0.05, 0) is 6.07 Å². The lowest BCUT2D eigenvalue weighted by Gasteiger charge is -1.97. The number of amides is 1. The zero-order valence-electron chi connectivity index (χ0n) is 8.82. The SMILES string of the molecule is O=C(N/N=C\c1cccnc1)c1cnccn1. The second kappa shape index (κ2) is 5.45. The van der Waals surface area contributed by atoms with Crippen molar-refractivity contribution < 1.29 is 4.79 Å². The average Bonchev–Trinajstić information content (AvgIpc) is 2.41. The highest BCUT2D eigenvalue weighted by atomic mass is 16.2. The number of nitrogens with one attached hydrogen (secondary N) is 1. The maximum absolute atomic E-state index is 11.5. The fraction of sp³-hybridized carbons (Fsp3) is 0. The second-order valence-electron chi connectivity index (χ2n) is 3.08. The zero-order valence-corrected chi connectivity index (χ0v) is 8.82. The molecule has 0 fully saturated rings. The van der Waals surface area contributed by atoms with E-state index in [9.17, 15) is 4.79 Å². The Morgan fingerprint density at radius 3 is 2.82 bits per heavy atom. The minimum absolute atomic E-state index is 0.218. The predicted octanol–water partition coefficient (Wildman–Crippen LogP) is 0.635. The van der Waals surface area contributed by atoms with Gasteiger partial charge in [-0.2, -0.15) is 5.10 Å². The fourth-order valence-electron chi connectivity index (χ4n) is 1.09. The molecule has 84 valence electrons. The number of hydrazone groups is 1. The Morgan fingerprint density at radius 2 is 2.12 bits per heavy atom. The maximum Gasteiger partial charge on any atom is 0.291 e. The molecule has 0 saturated carbocycles. The van der Waals surface area contributed by atoms with Crippen molar-refractivity contribution in [2.24, 2.45) is 5.10 Å². The first kappa shape index (κ1) is 10.9. The summed E-state index contributed by atoms with van der Waals surface area (Å²) in [6, 6.07) is 3.61. The molecule has 1 N–H and O–H groups in total. The molecule has 0 bridgehead atoms. The number of rotatable bonds is 3. The minimum atomic E-state index is -0.404. The quantitative estimate of drug-likeness (QED) is 0.616. The van der Waals surface area contributed by atoms with Crippen molar-refractivity contribution in [1.82, 2.24) is 20.4 Å². The van der Waals surface area contributed by atoms with Crippen molar-refractivity contribution in [3.8, 4) is 0 Å². The first-order valence-electron chi connectivity index (χ1n) is 4.86. The van der Waals surface area contributed by atoms with Crippen LogP contribution in [0.25, 0.3) is 0 Å². The van der Waals surface area contributed by atoms with Gasteiger partial charge in [0.15, 0.2) is 0 Å². The van der Waals surface area contributed by atoms with Gasteiger partial charge in [0, 0.05) is 30.4 Å². The molecular weight excluding hydrogens is 218 g/mol. The first-order valence-corrected chi connectivity index (χ1v) is 4.86. The third-order valence-corrected chi connectivity index (χ3v) is 1.86. The fourth-order valence-corrected chi connectivity index (χ4v) is 1.09. The number of nitrogens with zero attached hydrogens (tertiary/aromatic N) is 4. The summed E-state index contributed by atoms with van der Waals surface area (Å²) >= 11 is 0. The Kier molecular flexibility index (Phi) is 3.49. The number of hydrogen-bond acceptors (Lipinski definition) is 5. The Balaban J connectivity index is 1.95. The molecule has 0 aliphatic carbocycles. The highest BCUT2D eigenvalue weighted by Gasteiger charge is 2.03.